The minimum absolute atomic E-state index is 0.0773. The number of hydrogen-bond donors (Lipinski definition) is 1. The zero-order valence-corrected chi connectivity index (χ0v) is 14.6. The van der Waals surface area contributed by atoms with Crippen molar-refractivity contribution >= 4 is 12.4 Å². The lowest BCUT2D eigenvalue weighted by Gasteiger charge is -2.12. The molecule has 0 heterocycles. The standard InChI is InChI=1S/C18H34O5/c1-2-3-4-5-6-7-8-9-10-11-12-13-18(21)22-15-17(14-19)23-16-20/h16-17,19H,2-15H2,1H3. The van der Waals surface area contributed by atoms with Gasteiger partial charge in [-0.15, -0.1) is 0 Å². The predicted molar refractivity (Wildman–Crippen MR) is 90.1 cm³/mol. The first-order valence-electron chi connectivity index (χ1n) is 9.10. The van der Waals surface area contributed by atoms with E-state index in [1.54, 1.807) is 0 Å². The lowest BCUT2D eigenvalue weighted by Crippen LogP contribution is -2.25. The third kappa shape index (κ3) is 15.6. The molecule has 0 aromatic heterocycles. The van der Waals surface area contributed by atoms with Crippen molar-refractivity contribution in [3.05, 3.63) is 0 Å². The number of ether oxygens (including phenoxy) is 2. The maximum absolute atomic E-state index is 11.5. The van der Waals surface area contributed by atoms with E-state index in [0.717, 1.165) is 19.3 Å². The molecular formula is C18H34O5. The van der Waals surface area contributed by atoms with Gasteiger partial charge in [0.2, 0.25) is 0 Å². The van der Waals surface area contributed by atoms with E-state index in [1.165, 1.54) is 51.4 Å². The first-order valence-corrected chi connectivity index (χ1v) is 9.10. The number of aliphatic hydroxyl groups excluding tert-OH is 1. The summed E-state index contributed by atoms with van der Waals surface area (Å²) in [5.74, 6) is -0.297. The van der Waals surface area contributed by atoms with Gasteiger partial charge < -0.3 is 14.6 Å². The van der Waals surface area contributed by atoms with Crippen molar-refractivity contribution in [2.75, 3.05) is 13.2 Å². The van der Waals surface area contributed by atoms with Crippen molar-refractivity contribution in [1.82, 2.24) is 0 Å². The number of esters is 1. The smallest absolute Gasteiger partial charge is 0.305 e. The van der Waals surface area contributed by atoms with Crippen LogP contribution >= 0.6 is 0 Å². The van der Waals surface area contributed by atoms with Crippen molar-refractivity contribution in [1.29, 1.82) is 0 Å². The highest BCUT2D eigenvalue weighted by atomic mass is 16.6. The Morgan fingerprint density at radius 3 is 1.96 bits per heavy atom. The fraction of sp³-hybridized carbons (Fsp3) is 0.889. The highest BCUT2D eigenvalue weighted by molar-refractivity contribution is 5.69. The van der Waals surface area contributed by atoms with E-state index >= 15 is 0 Å². The van der Waals surface area contributed by atoms with Crippen LogP contribution in [0.3, 0.4) is 0 Å². The summed E-state index contributed by atoms with van der Waals surface area (Å²) in [6.45, 7) is 2.06. The molecule has 1 atom stereocenters. The molecule has 0 aliphatic heterocycles. The number of rotatable bonds is 17. The van der Waals surface area contributed by atoms with E-state index in [-0.39, 0.29) is 25.7 Å². The quantitative estimate of drug-likeness (QED) is 0.250. The molecule has 136 valence electrons. The van der Waals surface area contributed by atoms with Crippen LogP contribution in [0, 0.1) is 0 Å². The molecule has 0 radical (unpaired) electrons. The Kier molecular flexibility index (Phi) is 16.4. The van der Waals surface area contributed by atoms with Gasteiger partial charge >= 0.3 is 5.97 Å². The Morgan fingerprint density at radius 1 is 0.957 bits per heavy atom. The normalized spacial score (nSPS) is 11.9. The molecular weight excluding hydrogens is 296 g/mol. The Labute approximate surface area is 140 Å². The number of carbonyl (C=O) groups excluding carboxylic acids is 2. The number of aliphatic hydroxyl groups is 1. The van der Waals surface area contributed by atoms with Crippen LogP contribution in [0.25, 0.3) is 0 Å². The summed E-state index contributed by atoms with van der Waals surface area (Å²) < 4.78 is 9.50. The van der Waals surface area contributed by atoms with Gasteiger partial charge in [-0.05, 0) is 6.42 Å². The fourth-order valence-corrected chi connectivity index (χ4v) is 2.41. The monoisotopic (exact) mass is 330 g/mol. The molecule has 0 aromatic carbocycles. The lowest BCUT2D eigenvalue weighted by atomic mass is 10.1. The zero-order valence-electron chi connectivity index (χ0n) is 14.6. The molecule has 23 heavy (non-hydrogen) atoms. The van der Waals surface area contributed by atoms with Crippen LogP contribution < -0.4 is 0 Å². The molecule has 0 amide bonds. The molecule has 0 saturated carbocycles. The maximum Gasteiger partial charge on any atom is 0.305 e. The average Bonchev–Trinajstić information content (AvgIpc) is 2.56. The molecule has 1 unspecified atom stereocenters. The molecule has 0 fully saturated rings. The third-order valence-electron chi connectivity index (χ3n) is 3.87. The summed E-state index contributed by atoms with van der Waals surface area (Å²) in [6, 6.07) is 0. The highest BCUT2D eigenvalue weighted by Crippen LogP contribution is 2.12. The van der Waals surface area contributed by atoms with Gasteiger partial charge in [-0.25, -0.2) is 0 Å². The first kappa shape index (κ1) is 21.9. The van der Waals surface area contributed by atoms with Crippen LogP contribution in [0.2, 0.25) is 0 Å². The zero-order chi connectivity index (χ0) is 17.2. The number of hydrogen-bond acceptors (Lipinski definition) is 5. The van der Waals surface area contributed by atoms with Gasteiger partial charge in [-0.3, -0.25) is 9.59 Å². The second kappa shape index (κ2) is 17.3. The van der Waals surface area contributed by atoms with Gasteiger partial charge in [0.15, 0.2) is 6.10 Å². The van der Waals surface area contributed by atoms with Crippen molar-refractivity contribution in [2.45, 2.75) is 90.1 Å². The Bertz CT molecular complexity index is 281. The predicted octanol–water partition coefficient (Wildman–Crippen LogP) is 3.76. The largest absolute Gasteiger partial charge is 0.462 e. The fourth-order valence-electron chi connectivity index (χ4n) is 2.41. The molecule has 5 heteroatoms. The Balaban J connectivity index is 3.30. The molecule has 0 rings (SSSR count). The van der Waals surface area contributed by atoms with E-state index in [9.17, 15) is 9.59 Å². The maximum atomic E-state index is 11.5. The van der Waals surface area contributed by atoms with Crippen LogP contribution in [0.4, 0.5) is 0 Å². The van der Waals surface area contributed by atoms with Gasteiger partial charge in [0.05, 0.1) is 6.61 Å². The van der Waals surface area contributed by atoms with Crippen LogP contribution in [-0.2, 0) is 19.1 Å². The van der Waals surface area contributed by atoms with Crippen molar-refractivity contribution < 1.29 is 24.2 Å². The molecule has 0 aliphatic rings. The molecule has 0 aromatic rings. The van der Waals surface area contributed by atoms with Gasteiger partial charge in [0.1, 0.15) is 6.61 Å². The number of carbonyl (C=O) groups is 2. The van der Waals surface area contributed by atoms with Gasteiger partial charge in [0, 0.05) is 6.42 Å². The summed E-state index contributed by atoms with van der Waals surface area (Å²) in [5.41, 5.74) is 0. The number of unbranched alkanes of at least 4 members (excludes halogenated alkanes) is 10. The summed E-state index contributed by atoms with van der Waals surface area (Å²) >= 11 is 0. The first-order chi connectivity index (χ1) is 11.2. The average molecular weight is 330 g/mol. The van der Waals surface area contributed by atoms with Gasteiger partial charge in [-0.1, -0.05) is 71.1 Å². The summed E-state index contributed by atoms with van der Waals surface area (Å²) in [6.07, 6.45) is 13.2. The van der Waals surface area contributed by atoms with Crippen molar-refractivity contribution in [3.8, 4) is 0 Å². The van der Waals surface area contributed by atoms with Crippen molar-refractivity contribution in [2.24, 2.45) is 0 Å². The van der Waals surface area contributed by atoms with Crippen LogP contribution in [0.15, 0.2) is 0 Å². The Morgan fingerprint density at radius 2 is 1.48 bits per heavy atom. The SMILES string of the molecule is CCCCCCCCCCCCCC(=O)OCC(CO)OC=O. The summed E-state index contributed by atoms with van der Waals surface area (Å²) in [7, 11) is 0. The van der Waals surface area contributed by atoms with Gasteiger partial charge in [0.25, 0.3) is 6.47 Å². The molecule has 1 N–H and O–H groups in total. The molecule has 0 bridgehead atoms. The lowest BCUT2D eigenvalue weighted by molar-refractivity contribution is -0.153. The molecule has 5 nitrogen and oxygen atoms in total. The highest BCUT2D eigenvalue weighted by Gasteiger charge is 2.11. The second-order valence-electron chi connectivity index (χ2n) is 6.01. The Hall–Kier alpha value is -1.10. The van der Waals surface area contributed by atoms with E-state index in [2.05, 4.69) is 11.7 Å². The summed E-state index contributed by atoms with van der Waals surface area (Å²) in [4.78, 5) is 21.6. The molecule has 0 spiro atoms. The molecule has 0 aliphatic carbocycles. The topological polar surface area (TPSA) is 72.8 Å². The second-order valence-corrected chi connectivity index (χ2v) is 6.01. The minimum Gasteiger partial charge on any atom is -0.462 e. The van der Waals surface area contributed by atoms with Crippen LogP contribution in [0.5, 0.6) is 0 Å². The third-order valence-corrected chi connectivity index (χ3v) is 3.87. The molecule has 0 saturated heterocycles. The van der Waals surface area contributed by atoms with Gasteiger partial charge in [-0.2, -0.15) is 0 Å². The van der Waals surface area contributed by atoms with Crippen LogP contribution in [0.1, 0.15) is 84.0 Å². The van der Waals surface area contributed by atoms with Crippen LogP contribution in [-0.4, -0.2) is 36.9 Å². The van der Waals surface area contributed by atoms with Crippen molar-refractivity contribution in [3.63, 3.8) is 0 Å². The van der Waals surface area contributed by atoms with E-state index in [1.807, 2.05) is 0 Å². The van der Waals surface area contributed by atoms with E-state index in [0.29, 0.717) is 6.42 Å². The van der Waals surface area contributed by atoms with E-state index in [4.69, 9.17) is 9.84 Å². The summed E-state index contributed by atoms with van der Waals surface area (Å²) in [5, 5.41) is 8.87. The van der Waals surface area contributed by atoms with E-state index < -0.39 is 6.10 Å². The minimum atomic E-state index is -0.756.